The fraction of sp³-hybridized carbons (Fsp3) is 0.185. The molecule has 0 amide bonds. The van der Waals surface area contributed by atoms with Crippen molar-refractivity contribution >= 4 is 48.5 Å². The van der Waals surface area contributed by atoms with Crippen LogP contribution < -0.4 is 10.1 Å². The Hall–Kier alpha value is -3.84. The van der Waals surface area contributed by atoms with Crippen molar-refractivity contribution in [1.29, 1.82) is 0 Å². The van der Waals surface area contributed by atoms with Crippen LogP contribution in [-0.2, 0) is 6.61 Å². The Bertz CT molecular complexity index is 1740. The molecule has 3 N–H and O–H groups in total. The minimum absolute atomic E-state index is 0.355. The average molecular weight is 466 g/mol. The third-order valence-corrected chi connectivity index (χ3v) is 7.79. The number of fused-ring (bicyclic) bond motifs is 8. The molecule has 7 heteroatoms. The highest BCUT2D eigenvalue weighted by atomic mass is 32.1. The zero-order chi connectivity index (χ0) is 23.0. The number of rotatable bonds is 3. The molecule has 4 heterocycles. The van der Waals surface area contributed by atoms with Gasteiger partial charge < -0.3 is 20.0 Å². The monoisotopic (exact) mass is 465 g/mol. The number of ether oxygens (including phenoxy) is 1. The van der Waals surface area contributed by atoms with E-state index in [1.54, 1.807) is 11.3 Å². The summed E-state index contributed by atoms with van der Waals surface area (Å²) in [7, 11) is 1.88. The van der Waals surface area contributed by atoms with Crippen molar-refractivity contribution in [2.24, 2.45) is 0 Å². The Morgan fingerprint density at radius 2 is 1.79 bits per heavy atom. The highest BCUT2D eigenvalue weighted by Crippen LogP contribution is 2.42. The molecule has 6 aromatic rings. The number of anilines is 1. The molecule has 0 aliphatic carbocycles. The summed E-state index contributed by atoms with van der Waals surface area (Å²) in [5, 5.41) is 5.61. The minimum Gasteiger partial charge on any atom is -0.487 e. The topological polar surface area (TPSA) is 78.6 Å². The maximum absolute atomic E-state index is 6.12. The zero-order valence-electron chi connectivity index (χ0n) is 19.1. The van der Waals surface area contributed by atoms with E-state index in [9.17, 15) is 0 Å². The van der Waals surface area contributed by atoms with Crippen molar-refractivity contribution in [2.75, 3.05) is 12.4 Å². The molecule has 0 saturated heterocycles. The van der Waals surface area contributed by atoms with Crippen LogP contribution in [0.3, 0.4) is 0 Å². The SMILES string of the molecule is CNc1nc2c(ccc3c4ccc(-c5ccc6c(c5)OCc5[nH]c(C(C)C)nc5-6)cc4sc32)[nH]1. The van der Waals surface area contributed by atoms with Gasteiger partial charge in [-0.3, -0.25) is 0 Å². The first kappa shape index (κ1) is 19.6. The zero-order valence-corrected chi connectivity index (χ0v) is 19.9. The Kier molecular flexibility index (Phi) is 4.08. The van der Waals surface area contributed by atoms with Crippen LogP contribution in [0.25, 0.3) is 53.6 Å². The molecule has 168 valence electrons. The lowest BCUT2D eigenvalue weighted by molar-refractivity contribution is 0.298. The maximum atomic E-state index is 6.12. The van der Waals surface area contributed by atoms with Gasteiger partial charge in [-0.25, -0.2) is 9.97 Å². The van der Waals surface area contributed by atoms with Crippen LogP contribution in [-0.4, -0.2) is 27.0 Å². The number of imidazole rings is 2. The van der Waals surface area contributed by atoms with Crippen molar-refractivity contribution in [3.8, 4) is 28.1 Å². The van der Waals surface area contributed by atoms with E-state index in [1.807, 2.05) is 7.05 Å². The van der Waals surface area contributed by atoms with Crippen LogP contribution >= 0.6 is 11.3 Å². The molecule has 0 spiro atoms. The number of aromatic amines is 2. The van der Waals surface area contributed by atoms with Gasteiger partial charge in [0.25, 0.3) is 0 Å². The molecule has 0 unspecified atom stereocenters. The van der Waals surface area contributed by atoms with Gasteiger partial charge in [0.1, 0.15) is 23.7 Å². The van der Waals surface area contributed by atoms with Crippen molar-refractivity contribution in [1.82, 2.24) is 19.9 Å². The second-order valence-electron chi connectivity index (χ2n) is 9.09. The van der Waals surface area contributed by atoms with Crippen LogP contribution in [0.5, 0.6) is 5.75 Å². The standard InChI is InChI=1S/C27H23N5OS/c1-13(2)26-29-20-12-33-21-10-14(5-7-18(21)23(20)31-26)15-4-6-16-17-8-9-19-24(32-27(28-3)30-19)25(17)34-22(16)11-15/h4-11,13H,12H2,1-3H3,(H,29,31)(H2,28,30,32). The second-order valence-corrected chi connectivity index (χ2v) is 10.1. The highest BCUT2D eigenvalue weighted by Gasteiger charge is 2.23. The van der Waals surface area contributed by atoms with E-state index in [4.69, 9.17) is 14.7 Å². The molecule has 3 aromatic carbocycles. The van der Waals surface area contributed by atoms with Crippen molar-refractivity contribution in [3.05, 3.63) is 60.0 Å². The number of hydrogen-bond acceptors (Lipinski definition) is 5. The normalized spacial score (nSPS) is 12.9. The highest BCUT2D eigenvalue weighted by molar-refractivity contribution is 7.26. The lowest BCUT2D eigenvalue weighted by Gasteiger charge is -2.17. The van der Waals surface area contributed by atoms with E-state index in [0.717, 1.165) is 51.1 Å². The average Bonchev–Trinajstić information content (AvgIpc) is 3.57. The van der Waals surface area contributed by atoms with E-state index in [0.29, 0.717) is 12.5 Å². The Morgan fingerprint density at radius 3 is 2.65 bits per heavy atom. The summed E-state index contributed by atoms with van der Waals surface area (Å²) in [6.45, 7) is 4.82. The fourth-order valence-electron chi connectivity index (χ4n) is 4.80. The maximum Gasteiger partial charge on any atom is 0.200 e. The molecule has 1 aliphatic rings. The predicted octanol–water partition coefficient (Wildman–Crippen LogP) is 7.05. The van der Waals surface area contributed by atoms with Crippen LogP contribution in [0.2, 0.25) is 0 Å². The van der Waals surface area contributed by atoms with E-state index in [-0.39, 0.29) is 0 Å². The lowest BCUT2D eigenvalue weighted by atomic mass is 9.99. The summed E-state index contributed by atoms with van der Waals surface area (Å²) >= 11 is 1.79. The van der Waals surface area contributed by atoms with Crippen molar-refractivity contribution in [2.45, 2.75) is 26.4 Å². The van der Waals surface area contributed by atoms with Crippen molar-refractivity contribution in [3.63, 3.8) is 0 Å². The molecule has 7 rings (SSSR count). The smallest absolute Gasteiger partial charge is 0.200 e. The number of nitrogens with zero attached hydrogens (tertiary/aromatic N) is 2. The Morgan fingerprint density at radius 1 is 0.971 bits per heavy atom. The summed E-state index contributed by atoms with van der Waals surface area (Å²) in [5.74, 6) is 3.04. The van der Waals surface area contributed by atoms with Gasteiger partial charge >= 0.3 is 0 Å². The molecule has 1 aliphatic heterocycles. The molecule has 0 fully saturated rings. The molecule has 0 atom stereocenters. The van der Waals surface area contributed by atoms with Crippen LogP contribution in [0, 0.1) is 0 Å². The van der Waals surface area contributed by atoms with Crippen LogP contribution in [0.1, 0.15) is 31.3 Å². The van der Waals surface area contributed by atoms with E-state index >= 15 is 0 Å². The lowest BCUT2D eigenvalue weighted by Crippen LogP contribution is -2.05. The molecule has 0 bridgehead atoms. The first-order valence-corrected chi connectivity index (χ1v) is 12.3. The van der Waals surface area contributed by atoms with E-state index in [2.05, 4.69) is 77.7 Å². The summed E-state index contributed by atoms with van der Waals surface area (Å²) in [6.07, 6.45) is 0. The van der Waals surface area contributed by atoms with Gasteiger partial charge in [0.05, 0.1) is 21.6 Å². The van der Waals surface area contributed by atoms with Gasteiger partial charge in [-0.2, -0.15) is 0 Å². The quantitative estimate of drug-likeness (QED) is 0.262. The molecular weight excluding hydrogens is 442 g/mol. The summed E-state index contributed by atoms with van der Waals surface area (Å²) in [4.78, 5) is 16.3. The Labute approximate surface area is 200 Å². The van der Waals surface area contributed by atoms with Gasteiger partial charge in [0.15, 0.2) is 0 Å². The third kappa shape index (κ3) is 2.80. The van der Waals surface area contributed by atoms with Crippen molar-refractivity contribution < 1.29 is 4.74 Å². The first-order valence-electron chi connectivity index (χ1n) is 11.5. The van der Waals surface area contributed by atoms with Gasteiger partial charge in [0.2, 0.25) is 5.95 Å². The molecule has 6 nitrogen and oxygen atoms in total. The van der Waals surface area contributed by atoms with E-state index in [1.165, 1.54) is 25.7 Å². The van der Waals surface area contributed by atoms with E-state index < -0.39 is 0 Å². The second kappa shape index (κ2) is 7.08. The summed E-state index contributed by atoms with van der Waals surface area (Å²) in [6, 6.07) is 17.4. The number of H-pyrrole nitrogens is 2. The van der Waals surface area contributed by atoms with Gasteiger partial charge in [-0.15, -0.1) is 11.3 Å². The van der Waals surface area contributed by atoms with Gasteiger partial charge in [0, 0.05) is 34.0 Å². The van der Waals surface area contributed by atoms with Crippen LogP contribution in [0.15, 0.2) is 48.5 Å². The Balaban J connectivity index is 1.33. The first-order chi connectivity index (χ1) is 16.6. The number of benzene rings is 3. The van der Waals surface area contributed by atoms with Gasteiger partial charge in [-0.05, 0) is 35.4 Å². The number of aromatic nitrogens is 4. The third-order valence-electron chi connectivity index (χ3n) is 6.61. The summed E-state index contributed by atoms with van der Waals surface area (Å²) < 4.78 is 8.58. The minimum atomic E-state index is 0.355. The number of nitrogens with one attached hydrogen (secondary N) is 3. The fourth-order valence-corrected chi connectivity index (χ4v) is 6.03. The van der Waals surface area contributed by atoms with Gasteiger partial charge in [-0.1, -0.05) is 38.1 Å². The largest absolute Gasteiger partial charge is 0.487 e. The summed E-state index contributed by atoms with van der Waals surface area (Å²) in [5.41, 5.74) is 7.51. The molecule has 34 heavy (non-hydrogen) atoms. The number of thiophene rings is 1. The van der Waals surface area contributed by atoms with Crippen LogP contribution in [0.4, 0.5) is 5.95 Å². The molecule has 0 saturated carbocycles. The number of hydrogen-bond donors (Lipinski definition) is 3. The molecule has 3 aromatic heterocycles. The molecule has 0 radical (unpaired) electrons. The molecular formula is C27H23N5OS. The predicted molar refractivity (Wildman–Crippen MR) is 140 cm³/mol.